The van der Waals surface area contributed by atoms with E-state index in [0.717, 1.165) is 0 Å². The van der Waals surface area contributed by atoms with Crippen molar-refractivity contribution in [1.29, 1.82) is 0 Å². The molecule has 2 aromatic heterocycles. The van der Waals surface area contributed by atoms with Crippen LogP contribution < -0.4 is 10.6 Å². The van der Waals surface area contributed by atoms with Gasteiger partial charge >= 0.3 is 6.03 Å². The molecule has 2 heterocycles. The molecule has 0 aliphatic carbocycles. The highest BCUT2D eigenvalue weighted by molar-refractivity contribution is 9.10. The van der Waals surface area contributed by atoms with Crippen LogP contribution in [0.4, 0.5) is 19.3 Å². The van der Waals surface area contributed by atoms with E-state index < -0.39 is 19.0 Å². The van der Waals surface area contributed by atoms with Gasteiger partial charge in [-0.1, -0.05) is 0 Å². The van der Waals surface area contributed by atoms with Crippen LogP contribution in [0.2, 0.25) is 0 Å². The molecule has 0 saturated heterocycles. The maximum absolute atomic E-state index is 12.0. The molecule has 0 saturated carbocycles. The summed E-state index contributed by atoms with van der Waals surface area (Å²) < 4.78 is 26.1. The first-order valence-electron chi connectivity index (χ1n) is 5.55. The second-order valence-corrected chi connectivity index (χ2v) is 4.62. The van der Waals surface area contributed by atoms with E-state index in [1.54, 1.807) is 30.7 Å². The minimum absolute atomic E-state index is 0.342. The van der Waals surface area contributed by atoms with Gasteiger partial charge in [0.05, 0.1) is 12.2 Å². The highest BCUT2D eigenvalue weighted by Crippen LogP contribution is 2.21. The number of carbonyl (C=O) groups is 1. The molecular formula is C11H10BrF2N5O. The summed E-state index contributed by atoms with van der Waals surface area (Å²) in [4.78, 5) is 15.7. The fraction of sp³-hybridized carbons (Fsp3) is 0.182. The minimum atomic E-state index is -2.60. The van der Waals surface area contributed by atoms with Gasteiger partial charge in [0.15, 0.2) is 5.82 Å². The number of alkyl halides is 2. The van der Waals surface area contributed by atoms with Crippen molar-refractivity contribution in [3.05, 3.63) is 35.2 Å². The summed E-state index contributed by atoms with van der Waals surface area (Å²) in [7, 11) is 0. The fourth-order valence-electron chi connectivity index (χ4n) is 1.44. The molecule has 106 valence electrons. The second kappa shape index (κ2) is 6.42. The van der Waals surface area contributed by atoms with Crippen molar-refractivity contribution in [2.24, 2.45) is 0 Å². The number of rotatable bonds is 4. The molecule has 2 amide bonds. The maximum atomic E-state index is 12.0. The van der Waals surface area contributed by atoms with E-state index in [9.17, 15) is 13.6 Å². The molecule has 0 aliphatic heterocycles. The quantitative estimate of drug-likeness (QED) is 0.893. The van der Waals surface area contributed by atoms with Crippen LogP contribution in [-0.2, 0) is 0 Å². The highest BCUT2D eigenvalue weighted by atomic mass is 79.9. The molecule has 0 unspecified atom stereocenters. The summed E-state index contributed by atoms with van der Waals surface area (Å²) in [6.07, 6.45) is 2.15. The Labute approximate surface area is 121 Å². The molecule has 0 aliphatic rings. The number of halogens is 3. The van der Waals surface area contributed by atoms with Crippen molar-refractivity contribution in [2.75, 3.05) is 11.9 Å². The molecule has 20 heavy (non-hydrogen) atoms. The van der Waals surface area contributed by atoms with Crippen LogP contribution in [0, 0.1) is 0 Å². The van der Waals surface area contributed by atoms with Crippen molar-refractivity contribution < 1.29 is 13.6 Å². The van der Waals surface area contributed by atoms with Gasteiger partial charge in [0, 0.05) is 23.1 Å². The Morgan fingerprint density at radius 2 is 2.30 bits per heavy atom. The lowest BCUT2D eigenvalue weighted by Crippen LogP contribution is -2.33. The van der Waals surface area contributed by atoms with Crippen LogP contribution in [0.5, 0.6) is 0 Å². The molecule has 2 aromatic rings. The zero-order valence-corrected chi connectivity index (χ0v) is 11.6. The van der Waals surface area contributed by atoms with Crippen molar-refractivity contribution in [3.8, 4) is 5.82 Å². The molecule has 0 atom stereocenters. The van der Waals surface area contributed by atoms with E-state index in [2.05, 4.69) is 31.3 Å². The second-order valence-electron chi connectivity index (χ2n) is 3.70. The van der Waals surface area contributed by atoms with Gasteiger partial charge < -0.3 is 10.6 Å². The Hall–Kier alpha value is -2.03. The van der Waals surface area contributed by atoms with E-state index in [1.807, 2.05) is 5.32 Å². The smallest absolute Gasteiger partial charge is 0.319 e. The number of anilines is 1. The minimum Gasteiger partial charge on any atom is -0.332 e. The molecule has 0 bridgehead atoms. The summed E-state index contributed by atoms with van der Waals surface area (Å²) in [5.41, 5.74) is 0.342. The van der Waals surface area contributed by atoms with E-state index in [4.69, 9.17) is 0 Å². The average molecular weight is 346 g/mol. The molecule has 0 spiro atoms. The van der Waals surface area contributed by atoms with E-state index in [1.165, 1.54) is 4.68 Å². The molecule has 0 aromatic carbocycles. The number of nitrogens with zero attached hydrogens (tertiary/aromatic N) is 3. The molecule has 9 heteroatoms. The van der Waals surface area contributed by atoms with Crippen LogP contribution in [-0.4, -0.2) is 33.8 Å². The summed E-state index contributed by atoms with van der Waals surface area (Å²) in [5.74, 6) is 0.380. The number of urea groups is 1. The first kappa shape index (κ1) is 14.4. The van der Waals surface area contributed by atoms with Crippen LogP contribution in [0.1, 0.15) is 0 Å². The third-order valence-corrected chi connectivity index (χ3v) is 2.65. The number of pyridine rings is 1. The van der Waals surface area contributed by atoms with Gasteiger partial charge in [0.25, 0.3) is 6.43 Å². The SMILES string of the molecule is O=C(NCC(F)F)Nc1cc(Br)cnc1-n1cccn1. The highest BCUT2D eigenvalue weighted by Gasteiger charge is 2.12. The zero-order chi connectivity index (χ0) is 14.5. The van der Waals surface area contributed by atoms with Crippen molar-refractivity contribution >= 4 is 27.6 Å². The molecule has 6 nitrogen and oxygen atoms in total. The normalized spacial score (nSPS) is 10.6. The number of nitrogens with one attached hydrogen (secondary N) is 2. The van der Waals surface area contributed by atoms with E-state index >= 15 is 0 Å². The maximum Gasteiger partial charge on any atom is 0.319 e. The van der Waals surface area contributed by atoms with E-state index in [0.29, 0.717) is 16.0 Å². The Morgan fingerprint density at radius 1 is 1.50 bits per heavy atom. The summed E-state index contributed by atoms with van der Waals surface area (Å²) in [6.45, 7) is -0.718. The van der Waals surface area contributed by atoms with Gasteiger partial charge in [-0.15, -0.1) is 0 Å². The monoisotopic (exact) mass is 345 g/mol. The Kier molecular flexibility index (Phi) is 4.61. The predicted molar refractivity (Wildman–Crippen MR) is 72.1 cm³/mol. The van der Waals surface area contributed by atoms with Crippen LogP contribution in [0.25, 0.3) is 5.82 Å². The molecular weight excluding hydrogens is 336 g/mol. The summed E-state index contributed by atoms with van der Waals surface area (Å²) in [6, 6.07) is 2.56. The first-order valence-corrected chi connectivity index (χ1v) is 6.34. The number of aromatic nitrogens is 3. The lowest BCUT2D eigenvalue weighted by Gasteiger charge is -2.11. The van der Waals surface area contributed by atoms with Crippen molar-refractivity contribution in [1.82, 2.24) is 20.1 Å². The van der Waals surface area contributed by atoms with Crippen LogP contribution in [0.15, 0.2) is 35.2 Å². The predicted octanol–water partition coefficient (Wildman–Crippen LogP) is 2.42. The van der Waals surface area contributed by atoms with Gasteiger partial charge in [-0.25, -0.2) is 23.2 Å². The largest absolute Gasteiger partial charge is 0.332 e. The van der Waals surface area contributed by atoms with Gasteiger partial charge in [-0.05, 0) is 28.1 Å². The van der Waals surface area contributed by atoms with Gasteiger partial charge in [0.2, 0.25) is 0 Å². The Bertz CT molecular complexity index is 591. The Morgan fingerprint density at radius 3 is 2.95 bits per heavy atom. The van der Waals surface area contributed by atoms with Gasteiger partial charge in [0.1, 0.15) is 0 Å². The topological polar surface area (TPSA) is 71.8 Å². The van der Waals surface area contributed by atoms with Crippen molar-refractivity contribution in [2.45, 2.75) is 6.43 Å². The molecule has 0 radical (unpaired) electrons. The lowest BCUT2D eigenvalue weighted by molar-refractivity contribution is 0.148. The Balaban J connectivity index is 2.18. The number of hydrogen-bond donors (Lipinski definition) is 2. The zero-order valence-electron chi connectivity index (χ0n) is 10.1. The van der Waals surface area contributed by atoms with Crippen LogP contribution in [0.3, 0.4) is 0 Å². The lowest BCUT2D eigenvalue weighted by atomic mass is 10.4. The molecule has 2 rings (SSSR count). The fourth-order valence-corrected chi connectivity index (χ4v) is 1.77. The molecule has 0 fully saturated rings. The van der Waals surface area contributed by atoms with Gasteiger partial charge in [-0.2, -0.15) is 5.10 Å². The summed E-state index contributed by atoms with van der Waals surface area (Å²) >= 11 is 3.23. The standard InChI is InChI=1S/C11H10BrF2N5O/c12-7-4-8(18-11(20)16-6-9(13)14)10(15-5-7)19-3-1-2-17-19/h1-5,9H,6H2,(H2,16,18,20). The molecule has 2 N–H and O–H groups in total. The third kappa shape index (κ3) is 3.73. The first-order chi connectivity index (χ1) is 9.56. The van der Waals surface area contributed by atoms with E-state index in [-0.39, 0.29) is 0 Å². The number of carbonyl (C=O) groups excluding carboxylic acids is 1. The van der Waals surface area contributed by atoms with Gasteiger partial charge in [-0.3, -0.25) is 0 Å². The number of hydrogen-bond acceptors (Lipinski definition) is 3. The third-order valence-electron chi connectivity index (χ3n) is 2.22. The van der Waals surface area contributed by atoms with Crippen LogP contribution >= 0.6 is 15.9 Å². The summed E-state index contributed by atoms with van der Waals surface area (Å²) in [5, 5.41) is 8.51. The number of amides is 2. The average Bonchev–Trinajstić information content (AvgIpc) is 2.90. The van der Waals surface area contributed by atoms with Crippen molar-refractivity contribution in [3.63, 3.8) is 0 Å².